The van der Waals surface area contributed by atoms with Crippen LogP contribution >= 0.6 is 0 Å². The number of nitrogens with one attached hydrogen (secondary N) is 1. The van der Waals surface area contributed by atoms with E-state index in [0.29, 0.717) is 0 Å². The maximum Gasteiger partial charge on any atom is 0.416 e. The zero-order chi connectivity index (χ0) is 20.1. The Hall–Kier alpha value is -3.42. The number of alkyl halides is 6. The SMILES string of the molecule is N#CC(/N=N/c1ccc(C(F)(F)F)cc1)=N\Nc1ccc(C(F)(F)F)cc1. The number of anilines is 1. The van der Waals surface area contributed by atoms with Gasteiger partial charge in [0, 0.05) is 0 Å². The van der Waals surface area contributed by atoms with Crippen molar-refractivity contribution in [2.24, 2.45) is 15.3 Å². The van der Waals surface area contributed by atoms with Gasteiger partial charge in [-0.15, -0.1) is 15.3 Å². The highest BCUT2D eigenvalue weighted by Gasteiger charge is 2.30. The summed E-state index contributed by atoms with van der Waals surface area (Å²) in [6.07, 6.45) is -8.96. The van der Waals surface area contributed by atoms with Gasteiger partial charge in [0.15, 0.2) is 0 Å². The highest BCUT2D eigenvalue weighted by Crippen LogP contribution is 2.31. The Bertz CT molecular complexity index is 874. The van der Waals surface area contributed by atoms with Gasteiger partial charge in [-0.3, -0.25) is 5.43 Å². The van der Waals surface area contributed by atoms with Gasteiger partial charge in [-0.05, 0) is 48.5 Å². The lowest BCUT2D eigenvalue weighted by Crippen LogP contribution is -2.04. The van der Waals surface area contributed by atoms with Crippen LogP contribution in [0.2, 0.25) is 0 Å². The average molecular weight is 385 g/mol. The van der Waals surface area contributed by atoms with Crippen LogP contribution in [0.25, 0.3) is 0 Å². The molecule has 0 aliphatic rings. The number of hydrazone groups is 1. The van der Waals surface area contributed by atoms with E-state index in [1.165, 1.54) is 0 Å². The van der Waals surface area contributed by atoms with Crippen LogP contribution in [0.4, 0.5) is 37.7 Å². The molecule has 140 valence electrons. The van der Waals surface area contributed by atoms with Crippen LogP contribution in [0.1, 0.15) is 11.1 Å². The number of nitriles is 1. The second kappa shape index (κ2) is 7.86. The van der Waals surface area contributed by atoms with Crippen LogP contribution in [0.5, 0.6) is 0 Å². The van der Waals surface area contributed by atoms with Gasteiger partial charge >= 0.3 is 12.4 Å². The molecule has 2 aromatic carbocycles. The molecular weight excluding hydrogens is 376 g/mol. The molecule has 0 amide bonds. The average Bonchev–Trinajstić information content (AvgIpc) is 2.61. The van der Waals surface area contributed by atoms with Gasteiger partial charge in [-0.1, -0.05) is 0 Å². The number of amidine groups is 1. The first-order valence-corrected chi connectivity index (χ1v) is 7.09. The van der Waals surface area contributed by atoms with E-state index in [0.717, 1.165) is 48.5 Å². The van der Waals surface area contributed by atoms with E-state index >= 15 is 0 Å². The van der Waals surface area contributed by atoms with Gasteiger partial charge in [0.05, 0.1) is 22.5 Å². The maximum atomic E-state index is 12.5. The van der Waals surface area contributed by atoms with Crippen LogP contribution in [-0.2, 0) is 12.4 Å². The van der Waals surface area contributed by atoms with Gasteiger partial charge in [0.1, 0.15) is 6.07 Å². The summed E-state index contributed by atoms with van der Waals surface area (Å²) < 4.78 is 74.7. The lowest BCUT2D eigenvalue weighted by molar-refractivity contribution is -0.138. The molecule has 0 unspecified atom stereocenters. The molecule has 2 rings (SSSR count). The normalized spacial score (nSPS) is 12.9. The van der Waals surface area contributed by atoms with Crippen molar-refractivity contribution in [2.75, 3.05) is 5.43 Å². The van der Waals surface area contributed by atoms with Gasteiger partial charge in [0.2, 0.25) is 0 Å². The van der Waals surface area contributed by atoms with Crippen LogP contribution in [-0.4, -0.2) is 5.84 Å². The predicted molar refractivity (Wildman–Crippen MR) is 84.1 cm³/mol. The third kappa shape index (κ3) is 5.81. The summed E-state index contributed by atoms with van der Waals surface area (Å²) in [7, 11) is 0. The van der Waals surface area contributed by atoms with Crippen molar-refractivity contribution in [2.45, 2.75) is 12.4 Å². The molecule has 5 nitrogen and oxygen atoms in total. The summed E-state index contributed by atoms with van der Waals surface area (Å²) in [6, 6.07) is 9.17. The zero-order valence-electron chi connectivity index (χ0n) is 13.2. The molecule has 0 heterocycles. The molecule has 0 aliphatic heterocycles. The number of benzene rings is 2. The Balaban J connectivity index is 2.06. The molecule has 0 spiro atoms. The number of nitrogens with zero attached hydrogens (tertiary/aromatic N) is 4. The summed E-state index contributed by atoms with van der Waals surface area (Å²) in [6.45, 7) is 0. The topological polar surface area (TPSA) is 72.9 Å². The number of rotatable bonds is 3. The minimum Gasteiger partial charge on any atom is -0.276 e. The molecule has 0 fully saturated rings. The quantitative estimate of drug-likeness (QED) is 0.240. The van der Waals surface area contributed by atoms with E-state index in [2.05, 4.69) is 20.8 Å². The van der Waals surface area contributed by atoms with Crippen molar-refractivity contribution in [1.29, 1.82) is 5.26 Å². The summed E-state index contributed by atoms with van der Waals surface area (Å²) in [5.41, 5.74) is 0.849. The van der Waals surface area contributed by atoms with Crippen molar-refractivity contribution in [1.82, 2.24) is 0 Å². The highest BCUT2D eigenvalue weighted by molar-refractivity contribution is 5.97. The summed E-state index contributed by atoms with van der Waals surface area (Å²) in [5.74, 6) is -0.477. The Morgan fingerprint density at radius 1 is 0.815 bits per heavy atom. The summed E-state index contributed by atoms with van der Waals surface area (Å²) >= 11 is 0. The molecule has 0 atom stereocenters. The van der Waals surface area contributed by atoms with E-state index in [-0.39, 0.29) is 11.4 Å². The maximum absolute atomic E-state index is 12.5. The third-order valence-corrected chi connectivity index (χ3v) is 3.06. The number of hydrogen-bond acceptors (Lipinski definition) is 4. The van der Waals surface area contributed by atoms with Crippen molar-refractivity contribution in [3.63, 3.8) is 0 Å². The lowest BCUT2D eigenvalue weighted by atomic mass is 10.2. The van der Waals surface area contributed by atoms with E-state index in [9.17, 15) is 26.3 Å². The van der Waals surface area contributed by atoms with Gasteiger partial charge in [-0.25, -0.2) is 0 Å². The smallest absolute Gasteiger partial charge is 0.276 e. The molecule has 0 bridgehead atoms. The molecule has 27 heavy (non-hydrogen) atoms. The molecule has 0 aliphatic carbocycles. The summed E-state index contributed by atoms with van der Waals surface area (Å²) in [5, 5.41) is 19.5. The molecule has 0 saturated carbocycles. The van der Waals surface area contributed by atoms with Crippen LogP contribution < -0.4 is 5.43 Å². The Morgan fingerprint density at radius 3 is 1.74 bits per heavy atom. The first kappa shape index (κ1) is 19.9. The minimum absolute atomic E-state index is 0.0560. The second-order valence-corrected chi connectivity index (χ2v) is 4.98. The molecule has 1 N–H and O–H groups in total. The Labute approximate surface area is 148 Å². The van der Waals surface area contributed by atoms with Gasteiger partial charge < -0.3 is 0 Å². The van der Waals surface area contributed by atoms with Crippen LogP contribution in [0.15, 0.2) is 63.9 Å². The first-order chi connectivity index (χ1) is 12.6. The van der Waals surface area contributed by atoms with Crippen molar-refractivity contribution in [3.05, 3.63) is 59.7 Å². The van der Waals surface area contributed by atoms with Crippen LogP contribution in [0.3, 0.4) is 0 Å². The molecule has 11 heteroatoms. The third-order valence-electron chi connectivity index (χ3n) is 3.06. The molecule has 0 aromatic heterocycles. The van der Waals surface area contributed by atoms with E-state index < -0.39 is 29.3 Å². The Kier molecular flexibility index (Phi) is 5.79. The second-order valence-electron chi connectivity index (χ2n) is 4.98. The molecule has 0 radical (unpaired) electrons. The molecule has 0 saturated heterocycles. The fourth-order valence-corrected chi connectivity index (χ4v) is 1.74. The predicted octanol–water partition coefficient (Wildman–Crippen LogP) is 5.76. The number of halogens is 6. The van der Waals surface area contributed by atoms with Gasteiger partial charge in [-0.2, -0.15) is 31.6 Å². The van der Waals surface area contributed by atoms with Crippen LogP contribution in [0, 0.1) is 11.3 Å². The van der Waals surface area contributed by atoms with Gasteiger partial charge in [0.25, 0.3) is 5.84 Å². The number of azo groups is 1. The van der Waals surface area contributed by atoms with Crippen molar-refractivity contribution in [3.8, 4) is 6.07 Å². The van der Waals surface area contributed by atoms with E-state index in [4.69, 9.17) is 5.26 Å². The summed E-state index contributed by atoms with van der Waals surface area (Å²) in [4.78, 5) is 0. The first-order valence-electron chi connectivity index (χ1n) is 7.09. The van der Waals surface area contributed by atoms with Crippen molar-refractivity contribution >= 4 is 17.2 Å². The van der Waals surface area contributed by atoms with Crippen molar-refractivity contribution < 1.29 is 26.3 Å². The lowest BCUT2D eigenvalue weighted by Gasteiger charge is -2.07. The standard InChI is InChI=1S/C16H9F6N5/c17-15(18,19)10-1-5-12(6-2-10)24-26-14(9-23)27-25-13-7-3-11(4-8-13)16(20,21)22/h1-8,24H/b26-14+,27-25+. The fraction of sp³-hybridized carbons (Fsp3) is 0.125. The monoisotopic (exact) mass is 385 g/mol. The molecule has 2 aromatic rings. The minimum atomic E-state index is -4.49. The molecular formula is C16H9F6N5. The largest absolute Gasteiger partial charge is 0.416 e. The zero-order valence-corrected chi connectivity index (χ0v) is 13.2. The number of hydrogen-bond donors (Lipinski definition) is 1. The highest BCUT2D eigenvalue weighted by atomic mass is 19.4. The van der Waals surface area contributed by atoms with E-state index in [1.54, 1.807) is 6.07 Å². The van der Waals surface area contributed by atoms with E-state index in [1.807, 2.05) is 0 Å². The Morgan fingerprint density at radius 2 is 1.30 bits per heavy atom. The fourth-order valence-electron chi connectivity index (χ4n) is 1.74.